The molecule has 0 bridgehead atoms. The zero-order valence-corrected chi connectivity index (χ0v) is 14.0. The topological polar surface area (TPSA) is 143 Å². The number of aliphatic carboxylic acids is 1. The van der Waals surface area contributed by atoms with Crippen LogP contribution in [0.3, 0.4) is 0 Å². The Balaban J connectivity index is 2.06. The first-order valence-corrected chi connectivity index (χ1v) is 8.04. The van der Waals surface area contributed by atoms with Crippen molar-refractivity contribution < 1.29 is 34.3 Å². The summed E-state index contributed by atoms with van der Waals surface area (Å²) in [6, 6.07) is -0.982. The Morgan fingerprint density at radius 3 is 2.52 bits per heavy atom. The molecule has 0 radical (unpaired) electrons. The van der Waals surface area contributed by atoms with Crippen LogP contribution in [0.1, 0.15) is 25.0 Å². The summed E-state index contributed by atoms with van der Waals surface area (Å²) in [4.78, 5) is 33.5. The van der Waals surface area contributed by atoms with E-state index in [-0.39, 0.29) is 25.4 Å². The number of H-pyrrole nitrogens is 1. The summed E-state index contributed by atoms with van der Waals surface area (Å²) in [7, 11) is 0. The normalized spacial score (nSPS) is 12.0. The van der Waals surface area contributed by atoms with Gasteiger partial charge in [-0.25, -0.2) is 14.7 Å². The van der Waals surface area contributed by atoms with Crippen LogP contribution in [0.2, 0.25) is 0 Å². The molecule has 0 unspecified atom stereocenters. The summed E-state index contributed by atoms with van der Waals surface area (Å²) in [6.07, 6.45) is 4.67. The standard InChI is InChI=1S/C15H25N3O7/c19-14(3-1-2-4-23-5-6-24-7-8-25-22)18-13(15(20)21)9-12-10-16-11-17-12/h10-11,13,22H,1-9H2,(H,16,17)(H,18,19)(H,20,21)/t13-/m0/s1. The first-order chi connectivity index (χ1) is 12.1. The molecule has 1 aromatic heterocycles. The molecule has 1 aromatic rings. The number of carboxylic acids is 1. The van der Waals surface area contributed by atoms with E-state index >= 15 is 0 Å². The minimum atomic E-state index is -1.09. The van der Waals surface area contributed by atoms with Crippen LogP contribution in [0.25, 0.3) is 0 Å². The van der Waals surface area contributed by atoms with E-state index in [0.29, 0.717) is 45.0 Å². The zero-order valence-electron chi connectivity index (χ0n) is 14.0. The van der Waals surface area contributed by atoms with E-state index < -0.39 is 12.0 Å². The van der Waals surface area contributed by atoms with Crippen molar-refractivity contribution in [2.24, 2.45) is 0 Å². The molecule has 0 saturated carbocycles. The second kappa shape index (κ2) is 13.3. The molecule has 0 aromatic carbocycles. The van der Waals surface area contributed by atoms with Crippen molar-refractivity contribution in [1.29, 1.82) is 0 Å². The van der Waals surface area contributed by atoms with Crippen molar-refractivity contribution in [3.8, 4) is 0 Å². The second-order valence-corrected chi connectivity index (χ2v) is 5.25. The van der Waals surface area contributed by atoms with Gasteiger partial charge < -0.3 is 24.9 Å². The van der Waals surface area contributed by atoms with Gasteiger partial charge >= 0.3 is 5.97 Å². The van der Waals surface area contributed by atoms with E-state index in [4.69, 9.17) is 19.8 Å². The fourth-order valence-electron chi connectivity index (χ4n) is 1.99. The SMILES string of the molecule is O=C(CCCCOCCOCCOO)N[C@@H](Cc1cnc[nH]1)C(=O)O. The van der Waals surface area contributed by atoms with E-state index in [9.17, 15) is 9.59 Å². The van der Waals surface area contributed by atoms with Gasteiger partial charge in [0.2, 0.25) is 5.91 Å². The molecular weight excluding hydrogens is 334 g/mol. The lowest BCUT2D eigenvalue weighted by Crippen LogP contribution is -2.42. The number of aromatic nitrogens is 2. The van der Waals surface area contributed by atoms with Crippen molar-refractivity contribution in [2.45, 2.75) is 31.7 Å². The number of rotatable bonds is 15. The van der Waals surface area contributed by atoms with Gasteiger partial charge in [0, 0.05) is 31.3 Å². The molecule has 0 saturated heterocycles. The predicted molar refractivity (Wildman–Crippen MR) is 85.9 cm³/mol. The highest BCUT2D eigenvalue weighted by molar-refractivity contribution is 5.83. The van der Waals surface area contributed by atoms with Crippen molar-refractivity contribution in [2.75, 3.05) is 33.0 Å². The number of carbonyl (C=O) groups excluding carboxylic acids is 1. The van der Waals surface area contributed by atoms with E-state index in [2.05, 4.69) is 20.2 Å². The Kier molecular flexibility index (Phi) is 11.2. The van der Waals surface area contributed by atoms with Gasteiger partial charge in [-0.1, -0.05) is 0 Å². The molecule has 0 aliphatic carbocycles. The van der Waals surface area contributed by atoms with Crippen molar-refractivity contribution in [3.05, 3.63) is 18.2 Å². The number of nitrogens with zero attached hydrogens (tertiary/aromatic N) is 1. The lowest BCUT2D eigenvalue weighted by Gasteiger charge is -2.13. The Morgan fingerprint density at radius 2 is 1.88 bits per heavy atom. The minimum absolute atomic E-state index is 0.118. The highest BCUT2D eigenvalue weighted by Crippen LogP contribution is 2.01. The Bertz CT molecular complexity index is 481. The van der Waals surface area contributed by atoms with Crippen LogP contribution >= 0.6 is 0 Å². The monoisotopic (exact) mass is 359 g/mol. The molecule has 1 atom stereocenters. The van der Waals surface area contributed by atoms with Gasteiger partial charge in [-0.2, -0.15) is 0 Å². The molecule has 1 heterocycles. The van der Waals surface area contributed by atoms with E-state index in [1.807, 2.05) is 0 Å². The number of carbonyl (C=O) groups is 2. The van der Waals surface area contributed by atoms with Gasteiger partial charge in [-0.15, -0.1) is 0 Å². The molecule has 1 rings (SSSR count). The van der Waals surface area contributed by atoms with Gasteiger partial charge in [0.25, 0.3) is 0 Å². The molecule has 4 N–H and O–H groups in total. The van der Waals surface area contributed by atoms with Gasteiger partial charge in [0.05, 0.1) is 26.1 Å². The van der Waals surface area contributed by atoms with Crippen LogP contribution in [0.5, 0.6) is 0 Å². The van der Waals surface area contributed by atoms with Gasteiger partial charge in [0.1, 0.15) is 12.6 Å². The highest BCUT2D eigenvalue weighted by Gasteiger charge is 2.20. The number of hydrogen-bond acceptors (Lipinski definition) is 7. The number of carboxylic acid groups (broad SMARTS) is 1. The summed E-state index contributed by atoms with van der Waals surface area (Å²) in [6.45, 7) is 1.72. The third kappa shape index (κ3) is 10.5. The highest BCUT2D eigenvalue weighted by atomic mass is 17.1. The van der Waals surface area contributed by atoms with Crippen molar-refractivity contribution in [1.82, 2.24) is 15.3 Å². The first kappa shape index (κ1) is 21.0. The molecule has 0 fully saturated rings. The van der Waals surface area contributed by atoms with Gasteiger partial charge in [-0.3, -0.25) is 10.1 Å². The van der Waals surface area contributed by atoms with Crippen LogP contribution in [0.15, 0.2) is 12.5 Å². The number of amides is 1. The average Bonchev–Trinajstić information content (AvgIpc) is 3.09. The molecular formula is C15H25N3O7. The van der Waals surface area contributed by atoms with Crippen LogP contribution < -0.4 is 5.32 Å². The fourth-order valence-corrected chi connectivity index (χ4v) is 1.99. The van der Waals surface area contributed by atoms with Gasteiger partial charge in [-0.05, 0) is 12.8 Å². The van der Waals surface area contributed by atoms with Crippen LogP contribution in [0, 0.1) is 0 Å². The van der Waals surface area contributed by atoms with Crippen LogP contribution in [-0.4, -0.2) is 71.3 Å². The molecule has 10 heteroatoms. The molecule has 25 heavy (non-hydrogen) atoms. The van der Waals surface area contributed by atoms with E-state index in [0.717, 1.165) is 0 Å². The quantitative estimate of drug-likeness (QED) is 0.198. The predicted octanol–water partition coefficient (Wildman–Crippen LogP) is 0.215. The molecule has 142 valence electrons. The number of hydrogen-bond donors (Lipinski definition) is 4. The Morgan fingerprint density at radius 1 is 1.16 bits per heavy atom. The molecule has 0 aliphatic heterocycles. The third-order valence-electron chi connectivity index (χ3n) is 3.25. The largest absolute Gasteiger partial charge is 0.480 e. The summed E-state index contributed by atoms with van der Waals surface area (Å²) < 4.78 is 10.4. The molecule has 0 spiro atoms. The third-order valence-corrected chi connectivity index (χ3v) is 3.25. The maximum absolute atomic E-state index is 11.8. The minimum Gasteiger partial charge on any atom is -0.480 e. The molecule has 0 aliphatic rings. The maximum atomic E-state index is 11.8. The molecule has 10 nitrogen and oxygen atoms in total. The lowest BCUT2D eigenvalue weighted by molar-refractivity contribution is -0.249. The smallest absolute Gasteiger partial charge is 0.326 e. The van der Waals surface area contributed by atoms with Crippen LogP contribution in [-0.2, 0) is 30.4 Å². The van der Waals surface area contributed by atoms with Crippen molar-refractivity contribution >= 4 is 11.9 Å². The zero-order chi connectivity index (χ0) is 18.3. The van der Waals surface area contributed by atoms with E-state index in [1.54, 1.807) is 0 Å². The Hall–Kier alpha value is -2.01. The number of nitrogens with one attached hydrogen (secondary N) is 2. The summed E-state index contributed by atoms with van der Waals surface area (Å²) in [5.41, 5.74) is 0.647. The number of ether oxygens (including phenoxy) is 2. The van der Waals surface area contributed by atoms with Crippen LogP contribution in [0.4, 0.5) is 0 Å². The average molecular weight is 359 g/mol. The number of unbranched alkanes of at least 4 members (excludes halogenated alkanes) is 1. The summed E-state index contributed by atoms with van der Waals surface area (Å²) >= 11 is 0. The lowest BCUT2D eigenvalue weighted by atomic mass is 10.1. The Labute approximate surface area is 145 Å². The number of imidazole rings is 1. The summed E-state index contributed by atoms with van der Waals surface area (Å²) in [5, 5.41) is 19.7. The summed E-state index contributed by atoms with van der Waals surface area (Å²) in [5.74, 6) is -1.39. The second-order valence-electron chi connectivity index (χ2n) is 5.25. The maximum Gasteiger partial charge on any atom is 0.326 e. The first-order valence-electron chi connectivity index (χ1n) is 8.04. The molecule has 1 amide bonds. The van der Waals surface area contributed by atoms with E-state index in [1.165, 1.54) is 12.5 Å². The number of aromatic amines is 1. The fraction of sp³-hybridized carbons (Fsp3) is 0.667. The van der Waals surface area contributed by atoms with Crippen molar-refractivity contribution in [3.63, 3.8) is 0 Å². The van der Waals surface area contributed by atoms with Gasteiger partial charge in [0.15, 0.2) is 0 Å².